The van der Waals surface area contributed by atoms with Gasteiger partial charge < -0.3 is 15.2 Å². The molecule has 0 heterocycles. The molecule has 3 nitrogen and oxygen atoms in total. The fourth-order valence-electron chi connectivity index (χ4n) is 2.56. The number of ether oxygens (including phenoxy) is 1. The number of rotatable bonds is 8. The van der Waals surface area contributed by atoms with Gasteiger partial charge in [-0.15, -0.1) is 0 Å². The zero-order valence-corrected chi connectivity index (χ0v) is 13.4. The summed E-state index contributed by atoms with van der Waals surface area (Å²) in [6.07, 6.45) is 0.791. The number of hydrogen-bond acceptors (Lipinski definition) is 3. The molecule has 1 aromatic rings. The van der Waals surface area contributed by atoms with Gasteiger partial charge in [-0.25, -0.2) is 0 Å². The molecule has 0 aliphatic carbocycles. The first-order valence-corrected chi connectivity index (χ1v) is 7.53. The van der Waals surface area contributed by atoms with Gasteiger partial charge in [-0.05, 0) is 39.2 Å². The number of para-hydroxylation sites is 1. The molecule has 20 heavy (non-hydrogen) atoms. The SMILES string of the molecule is CCOc1ccccc1C(C)NCC(C)(O)CC(C)C. The Labute approximate surface area is 123 Å². The van der Waals surface area contributed by atoms with Crippen molar-refractivity contribution in [2.75, 3.05) is 13.2 Å². The van der Waals surface area contributed by atoms with Crippen LogP contribution in [0.5, 0.6) is 5.75 Å². The van der Waals surface area contributed by atoms with Crippen LogP contribution in [0.3, 0.4) is 0 Å². The number of benzene rings is 1. The minimum Gasteiger partial charge on any atom is -0.494 e. The lowest BCUT2D eigenvalue weighted by Gasteiger charge is -2.28. The Morgan fingerprint density at radius 1 is 1.25 bits per heavy atom. The first kappa shape index (κ1) is 17.0. The standard InChI is InChI=1S/C17H29NO2/c1-6-20-16-10-8-7-9-15(16)14(4)18-12-17(5,19)11-13(2)3/h7-10,13-14,18-19H,6,11-12H2,1-5H3. The molecule has 2 N–H and O–H groups in total. The summed E-state index contributed by atoms with van der Waals surface area (Å²) in [4.78, 5) is 0. The van der Waals surface area contributed by atoms with Crippen molar-refractivity contribution in [3.05, 3.63) is 29.8 Å². The van der Waals surface area contributed by atoms with Crippen molar-refractivity contribution in [3.63, 3.8) is 0 Å². The predicted molar refractivity (Wildman–Crippen MR) is 84.1 cm³/mol. The minimum atomic E-state index is -0.678. The second-order valence-electron chi connectivity index (χ2n) is 6.17. The number of hydrogen-bond donors (Lipinski definition) is 2. The van der Waals surface area contributed by atoms with Gasteiger partial charge in [0.2, 0.25) is 0 Å². The molecule has 0 saturated carbocycles. The van der Waals surface area contributed by atoms with Gasteiger partial charge in [-0.3, -0.25) is 0 Å². The van der Waals surface area contributed by atoms with Crippen molar-refractivity contribution < 1.29 is 9.84 Å². The van der Waals surface area contributed by atoms with Crippen LogP contribution in [-0.2, 0) is 0 Å². The third kappa shape index (κ3) is 5.51. The molecule has 0 spiro atoms. The van der Waals surface area contributed by atoms with E-state index in [1.807, 2.05) is 32.0 Å². The molecule has 0 aromatic heterocycles. The highest BCUT2D eigenvalue weighted by molar-refractivity contribution is 5.35. The summed E-state index contributed by atoms with van der Waals surface area (Å²) in [6, 6.07) is 8.21. The highest BCUT2D eigenvalue weighted by Gasteiger charge is 2.23. The average molecular weight is 279 g/mol. The zero-order chi connectivity index (χ0) is 15.2. The molecule has 114 valence electrons. The highest BCUT2D eigenvalue weighted by Crippen LogP contribution is 2.25. The van der Waals surface area contributed by atoms with Gasteiger partial charge in [0.15, 0.2) is 0 Å². The van der Waals surface area contributed by atoms with Crippen LogP contribution in [0.2, 0.25) is 0 Å². The van der Waals surface area contributed by atoms with Crippen LogP contribution < -0.4 is 10.1 Å². The maximum absolute atomic E-state index is 10.4. The molecule has 0 aliphatic rings. The molecule has 0 aliphatic heterocycles. The Balaban J connectivity index is 2.65. The summed E-state index contributed by atoms with van der Waals surface area (Å²) in [5, 5.41) is 13.8. The molecule has 0 saturated heterocycles. The van der Waals surface area contributed by atoms with Gasteiger partial charge in [0.1, 0.15) is 5.75 Å². The van der Waals surface area contributed by atoms with Crippen LogP contribution in [0.15, 0.2) is 24.3 Å². The number of nitrogens with one attached hydrogen (secondary N) is 1. The van der Waals surface area contributed by atoms with E-state index in [1.165, 1.54) is 0 Å². The van der Waals surface area contributed by atoms with Crippen molar-refractivity contribution >= 4 is 0 Å². The number of aliphatic hydroxyl groups is 1. The van der Waals surface area contributed by atoms with Gasteiger partial charge in [-0.2, -0.15) is 0 Å². The Hall–Kier alpha value is -1.06. The molecule has 2 atom stereocenters. The van der Waals surface area contributed by atoms with Gasteiger partial charge in [-0.1, -0.05) is 32.0 Å². The third-order valence-electron chi connectivity index (χ3n) is 3.32. The topological polar surface area (TPSA) is 41.5 Å². The van der Waals surface area contributed by atoms with E-state index in [4.69, 9.17) is 4.74 Å². The second-order valence-corrected chi connectivity index (χ2v) is 6.17. The van der Waals surface area contributed by atoms with Crippen molar-refractivity contribution in [2.45, 2.75) is 52.7 Å². The average Bonchev–Trinajstić information content (AvgIpc) is 2.36. The lowest BCUT2D eigenvalue weighted by Crippen LogP contribution is -2.39. The van der Waals surface area contributed by atoms with Crippen LogP contribution in [0.1, 0.15) is 52.6 Å². The van der Waals surface area contributed by atoms with Crippen LogP contribution in [0, 0.1) is 5.92 Å². The second kappa shape index (κ2) is 7.65. The lowest BCUT2D eigenvalue weighted by atomic mass is 9.94. The maximum Gasteiger partial charge on any atom is 0.124 e. The predicted octanol–water partition coefficient (Wildman–Crippen LogP) is 3.53. The van der Waals surface area contributed by atoms with E-state index in [9.17, 15) is 5.11 Å². The summed E-state index contributed by atoms with van der Waals surface area (Å²) in [7, 11) is 0. The monoisotopic (exact) mass is 279 g/mol. The summed E-state index contributed by atoms with van der Waals surface area (Å²) >= 11 is 0. The third-order valence-corrected chi connectivity index (χ3v) is 3.32. The zero-order valence-electron chi connectivity index (χ0n) is 13.4. The van der Waals surface area contributed by atoms with Crippen LogP contribution in [-0.4, -0.2) is 23.9 Å². The Kier molecular flexibility index (Phi) is 6.50. The Morgan fingerprint density at radius 3 is 2.50 bits per heavy atom. The lowest BCUT2D eigenvalue weighted by molar-refractivity contribution is 0.0362. The van der Waals surface area contributed by atoms with Crippen LogP contribution in [0.25, 0.3) is 0 Å². The van der Waals surface area contributed by atoms with Crippen molar-refractivity contribution in [1.29, 1.82) is 0 Å². The van der Waals surface area contributed by atoms with E-state index < -0.39 is 5.60 Å². The Bertz CT molecular complexity index is 402. The van der Waals surface area contributed by atoms with E-state index in [-0.39, 0.29) is 6.04 Å². The molecule has 0 fully saturated rings. The van der Waals surface area contributed by atoms with Crippen molar-refractivity contribution in [2.24, 2.45) is 5.92 Å². The summed E-state index contributed by atoms with van der Waals surface area (Å²) in [5.74, 6) is 1.40. The largest absolute Gasteiger partial charge is 0.494 e. The Morgan fingerprint density at radius 2 is 1.90 bits per heavy atom. The fraction of sp³-hybridized carbons (Fsp3) is 0.647. The van der Waals surface area contributed by atoms with Gasteiger partial charge >= 0.3 is 0 Å². The molecule has 1 rings (SSSR count). The molecule has 0 amide bonds. The van der Waals surface area contributed by atoms with Gasteiger partial charge in [0.25, 0.3) is 0 Å². The highest BCUT2D eigenvalue weighted by atomic mass is 16.5. The summed E-state index contributed by atoms with van der Waals surface area (Å²) in [5.41, 5.74) is 0.456. The fourth-order valence-corrected chi connectivity index (χ4v) is 2.56. The van der Waals surface area contributed by atoms with Crippen LogP contribution >= 0.6 is 0 Å². The van der Waals surface area contributed by atoms with E-state index in [1.54, 1.807) is 0 Å². The van der Waals surface area contributed by atoms with E-state index >= 15 is 0 Å². The quantitative estimate of drug-likeness (QED) is 0.765. The van der Waals surface area contributed by atoms with E-state index in [2.05, 4.69) is 32.2 Å². The van der Waals surface area contributed by atoms with Gasteiger partial charge in [0.05, 0.1) is 12.2 Å². The molecule has 0 radical (unpaired) electrons. The van der Waals surface area contributed by atoms with Crippen molar-refractivity contribution in [1.82, 2.24) is 5.32 Å². The minimum absolute atomic E-state index is 0.149. The summed E-state index contributed by atoms with van der Waals surface area (Å²) in [6.45, 7) is 11.5. The first-order valence-electron chi connectivity index (χ1n) is 7.53. The normalized spacial score (nSPS) is 15.9. The first-order chi connectivity index (χ1) is 9.35. The molecule has 1 aromatic carbocycles. The smallest absolute Gasteiger partial charge is 0.124 e. The summed E-state index contributed by atoms with van der Waals surface area (Å²) < 4.78 is 5.65. The molecular weight excluding hydrogens is 250 g/mol. The van der Waals surface area contributed by atoms with Crippen molar-refractivity contribution in [3.8, 4) is 5.75 Å². The van der Waals surface area contributed by atoms with E-state index in [0.29, 0.717) is 19.1 Å². The van der Waals surface area contributed by atoms with E-state index in [0.717, 1.165) is 17.7 Å². The molecule has 2 unspecified atom stereocenters. The maximum atomic E-state index is 10.4. The molecule has 0 bridgehead atoms. The molecule has 3 heteroatoms. The van der Waals surface area contributed by atoms with Gasteiger partial charge in [0, 0.05) is 18.2 Å². The molecular formula is C17H29NO2. The van der Waals surface area contributed by atoms with Crippen LogP contribution in [0.4, 0.5) is 0 Å².